The van der Waals surface area contributed by atoms with Gasteiger partial charge in [-0.3, -0.25) is 0 Å². The van der Waals surface area contributed by atoms with Crippen LogP contribution in [0.25, 0.3) is 251 Å². The SMILES string of the molecule is c1ccc(-c2nc(-c3ccccc3)nc(-c3ccc4c(c3)c(-c3cccc(-c5cccc(-c6nc(-c7ccccc7)nc(-c7ccc8c9ccccc9c9cc(-n%10c%11ccccc%11c%11ccc%12c%13ccccc%13sc%12c%11%10)ccc9c8c7)n6)c5)c3)c(-c3ccccc3)c3cc(-n5c6ccccc6c6ccc7c8ccccc8sc7c65)ccc34)n2)cc1. The maximum absolute atomic E-state index is 5.53. The van der Waals surface area contributed by atoms with Crippen molar-refractivity contribution in [3.63, 3.8) is 0 Å². The molecule has 0 spiro atoms. The van der Waals surface area contributed by atoms with Crippen LogP contribution in [-0.4, -0.2) is 39.0 Å². The van der Waals surface area contributed by atoms with Gasteiger partial charge in [-0.1, -0.05) is 315 Å². The molecule has 25 aromatic rings. The first-order valence-electron chi connectivity index (χ1n) is 40.5. The third-order valence-electron chi connectivity index (χ3n) is 24.3. The van der Waals surface area contributed by atoms with Gasteiger partial charge < -0.3 is 9.13 Å². The fourth-order valence-electron chi connectivity index (χ4n) is 18.9. The Balaban J connectivity index is 0.668. The van der Waals surface area contributed by atoms with E-state index in [4.69, 9.17) is 29.9 Å². The summed E-state index contributed by atoms with van der Waals surface area (Å²) in [7, 11) is 0. The molecular weight excluding hydrogens is 1500 g/mol. The lowest BCUT2D eigenvalue weighted by Crippen LogP contribution is -2.00. The second-order valence-electron chi connectivity index (χ2n) is 31.1. The highest BCUT2D eigenvalue weighted by molar-refractivity contribution is 7.27. The first kappa shape index (κ1) is 67.8. The molecule has 0 bridgehead atoms. The van der Waals surface area contributed by atoms with E-state index < -0.39 is 0 Å². The molecule has 0 N–H and O–H groups in total. The summed E-state index contributed by atoms with van der Waals surface area (Å²) in [6.07, 6.45) is 0. The molecule has 0 atom stereocenters. The van der Waals surface area contributed by atoms with E-state index in [1.54, 1.807) is 0 Å². The molecule has 0 saturated heterocycles. The summed E-state index contributed by atoms with van der Waals surface area (Å²) in [5.74, 6) is 3.52. The standard InChI is InChI=1S/C110H64N8S2/c1-5-25-65(26-6-1)99-94-64-76(118-96-44-20-16-40-84(96)88-56-58-90-86-42-18-22-46-98(86)120-104(90)102(88)118)49-53-81(94)80-52-48-74(110-113-105(66-27-7-2-8-28-66)111-106(114-110)67-29-9-3-10-30-67)62-93(80)100(99)71-35-23-33-69(59-71)70-34-24-36-72(60-70)108-112-107(68-31-11-4-12-32-68)115-109(116-108)73-47-51-79-77-37-13-14-38-78(77)92-63-75(50-54-82(92)91(79)61-73)117-95-43-19-15-39-83(95)87-55-57-89-85-41-17-21-45-97(85)119-103(89)101(87)117/h1-64H. The van der Waals surface area contributed by atoms with Gasteiger partial charge in [-0.05, 0) is 160 Å². The zero-order valence-corrected chi connectivity index (χ0v) is 66.0. The number of rotatable bonds is 11. The highest BCUT2D eigenvalue weighted by atomic mass is 32.1. The van der Waals surface area contributed by atoms with Crippen LogP contribution in [0.3, 0.4) is 0 Å². The molecule has 19 aromatic carbocycles. The number of benzene rings is 19. The van der Waals surface area contributed by atoms with Gasteiger partial charge >= 0.3 is 0 Å². The van der Waals surface area contributed by atoms with Gasteiger partial charge in [0.1, 0.15) is 0 Å². The van der Waals surface area contributed by atoms with Crippen LogP contribution in [0.2, 0.25) is 0 Å². The summed E-state index contributed by atoms with van der Waals surface area (Å²) >= 11 is 3.75. The average molecular weight is 1560 g/mol. The maximum atomic E-state index is 5.53. The molecule has 0 amide bonds. The molecule has 6 heterocycles. The van der Waals surface area contributed by atoms with E-state index in [-0.39, 0.29) is 0 Å². The van der Waals surface area contributed by atoms with Gasteiger partial charge in [0.05, 0.1) is 31.5 Å². The van der Waals surface area contributed by atoms with Crippen LogP contribution >= 0.6 is 22.7 Å². The fraction of sp³-hybridized carbons (Fsp3) is 0. The summed E-state index contributed by atoms with van der Waals surface area (Å²) < 4.78 is 10.1. The van der Waals surface area contributed by atoms with E-state index in [1.807, 2.05) is 77.3 Å². The lowest BCUT2D eigenvalue weighted by atomic mass is 9.83. The highest BCUT2D eigenvalue weighted by Gasteiger charge is 2.26. The second kappa shape index (κ2) is 27.1. The van der Waals surface area contributed by atoms with E-state index >= 15 is 0 Å². The van der Waals surface area contributed by atoms with Crippen molar-refractivity contribution in [2.45, 2.75) is 0 Å². The van der Waals surface area contributed by atoms with Crippen molar-refractivity contribution >= 4 is 160 Å². The fourth-order valence-corrected chi connectivity index (χ4v) is 21.4. The molecule has 556 valence electrons. The summed E-state index contributed by atoms with van der Waals surface area (Å²) in [6, 6.07) is 141. The van der Waals surface area contributed by atoms with E-state index in [1.165, 1.54) is 94.6 Å². The predicted octanol–water partition coefficient (Wildman–Crippen LogP) is 29.8. The number of fused-ring (bicyclic) bond motifs is 23. The molecule has 0 radical (unpaired) electrons. The molecule has 0 aliphatic heterocycles. The van der Waals surface area contributed by atoms with Crippen LogP contribution in [-0.2, 0) is 0 Å². The van der Waals surface area contributed by atoms with E-state index in [0.717, 1.165) is 121 Å². The Morgan fingerprint density at radius 3 is 0.950 bits per heavy atom. The Morgan fingerprint density at radius 1 is 0.167 bits per heavy atom. The average Bonchev–Trinajstić information content (AvgIpc) is 1.49. The van der Waals surface area contributed by atoms with Gasteiger partial charge in [-0.25, -0.2) is 29.9 Å². The predicted molar refractivity (Wildman–Crippen MR) is 504 cm³/mol. The maximum Gasteiger partial charge on any atom is 0.164 e. The Hall–Kier alpha value is -15.5. The molecule has 8 nitrogen and oxygen atoms in total. The largest absolute Gasteiger partial charge is 0.308 e. The zero-order valence-electron chi connectivity index (χ0n) is 64.3. The number of nitrogens with zero attached hydrogens (tertiary/aromatic N) is 8. The Labute approximate surface area is 695 Å². The van der Waals surface area contributed by atoms with E-state index in [0.29, 0.717) is 34.9 Å². The topological polar surface area (TPSA) is 87.2 Å². The normalized spacial score (nSPS) is 12.0. The Bertz CT molecular complexity index is 8550. The summed E-state index contributed by atoms with van der Waals surface area (Å²) in [6.45, 7) is 0. The van der Waals surface area contributed by atoms with Crippen LogP contribution in [0.1, 0.15) is 0 Å². The summed E-state index contributed by atoms with van der Waals surface area (Å²) in [5, 5.41) is 21.4. The molecule has 0 saturated carbocycles. The molecule has 0 fully saturated rings. The van der Waals surface area contributed by atoms with Crippen LogP contribution in [0.15, 0.2) is 388 Å². The quantitative estimate of drug-likeness (QED) is 0.120. The summed E-state index contributed by atoms with van der Waals surface area (Å²) in [5.41, 5.74) is 18.7. The Kier molecular flexibility index (Phi) is 15.3. The van der Waals surface area contributed by atoms with Crippen molar-refractivity contribution < 1.29 is 0 Å². The van der Waals surface area contributed by atoms with Crippen molar-refractivity contribution in [2.24, 2.45) is 0 Å². The Morgan fingerprint density at radius 2 is 0.458 bits per heavy atom. The molecule has 120 heavy (non-hydrogen) atoms. The molecule has 6 aromatic heterocycles. The van der Waals surface area contributed by atoms with Crippen LogP contribution in [0.4, 0.5) is 0 Å². The second-order valence-corrected chi connectivity index (χ2v) is 33.2. The van der Waals surface area contributed by atoms with Crippen LogP contribution < -0.4 is 0 Å². The first-order valence-corrected chi connectivity index (χ1v) is 42.2. The summed E-state index contributed by atoms with van der Waals surface area (Å²) in [4.78, 5) is 32.1. The van der Waals surface area contributed by atoms with Gasteiger partial charge in [-0.15, -0.1) is 22.7 Å². The zero-order chi connectivity index (χ0) is 78.6. The van der Waals surface area contributed by atoms with Crippen molar-refractivity contribution in [3.05, 3.63) is 388 Å². The van der Waals surface area contributed by atoms with Crippen molar-refractivity contribution in [2.75, 3.05) is 0 Å². The third kappa shape index (κ3) is 10.8. The highest BCUT2D eigenvalue weighted by Crippen LogP contribution is 2.51. The molecule has 10 heteroatoms. The first-order chi connectivity index (χ1) is 59.5. The minimum atomic E-state index is 0.569. The lowest BCUT2D eigenvalue weighted by Gasteiger charge is -2.21. The van der Waals surface area contributed by atoms with E-state index in [2.05, 4.69) is 343 Å². The van der Waals surface area contributed by atoms with Crippen molar-refractivity contribution in [3.8, 4) is 113 Å². The smallest absolute Gasteiger partial charge is 0.164 e. The minimum absolute atomic E-state index is 0.569. The molecule has 0 aliphatic rings. The molecule has 25 rings (SSSR count). The van der Waals surface area contributed by atoms with Gasteiger partial charge in [0.2, 0.25) is 0 Å². The van der Waals surface area contributed by atoms with Gasteiger partial charge in [0.15, 0.2) is 34.9 Å². The minimum Gasteiger partial charge on any atom is -0.308 e. The van der Waals surface area contributed by atoms with Crippen LogP contribution in [0.5, 0.6) is 0 Å². The monoisotopic (exact) mass is 1560 g/mol. The molecule has 0 unspecified atom stereocenters. The van der Waals surface area contributed by atoms with Crippen molar-refractivity contribution in [1.29, 1.82) is 0 Å². The molecular formula is C110H64N8S2. The van der Waals surface area contributed by atoms with Gasteiger partial charge in [0.25, 0.3) is 0 Å². The van der Waals surface area contributed by atoms with E-state index in [9.17, 15) is 0 Å². The lowest BCUT2D eigenvalue weighted by molar-refractivity contribution is 1.07. The van der Waals surface area contributed by atoms with Crippen LogP contribution in [0, 0.1) is 0 Å². The number of aromatic nitrogens is 8. The van der Waals surface area contributed by atoms with Gasteiger partial charge in [-0.2, -0.15) is 0 Å². The molecule has 0 aliphatic carbocycles. The van der Waals surface area contributed by atoms with Crippen molar-refractivity contribution in [1.82, 2.24) is 39.0 Å². The number of hydrogen-bond donors (Lipinski definition) is 0. The number of hydrogen-bond acceptors (Lipinski definition) is 8. The number of thiophene rings is 2. The third-order valence-corrected chi connectivity index (χ3v) is 26.7. The van der Waals surface area contributed by atoms with Gasteiger partial charge in [0, 0.05) is 97.2 Å². The number of para-hydroxylation sites is 2.